The maximum Gasteiger partial charge on any atom is 0.174 e. The van der Waals surface area contributed by atoms with Crippen LogP contribution in [0.25, 0.3) is 0 Å². The lowest BCUT2D eigenvalue weighted by Gasteiger charge is -2.26. The molecule has 6 heteroatoms. The van der Waals surface area contributed by atoms with Crippen molar-refractivity contribution in [3.63, 3.8) is 0 Å². The largest absolute Gasteiger partial charge is 0.340 e. The van der Waals surface area contributed by atoms with Crippen LogP contribution < -0.4 is 5.32 Å². The van der Waals surface area contributed by atoms with Gasteiger partial charge in [0.15, 0.2) is 5.11 Å². The van der Waals surface area contributed by atoms with Gasteiger partial charge in [0.1, 0.15) is 0 Å². The van der Waals surface area contributed by atoms with Gasteiger partial charge in [0.25, 0.3) is 0 Å². The summed E-state index contributed by atoms with van der Waals surface area (Å²) < 4.78 is 1.88. The molecule has 0 amide bonds. The zero-order valence-electron chi connectivity index (χ0n) is 17.0. The van der Waals surface area contributed by atoms with Gasteiger partial charge in [-0.1, -0.05) is 84.4 Å². The predicted octanol–water partition coefficient (Wildman–Crippen LogP) is 5.98. The lowest BCUT2D eigenvalue weighted by molar-refractivity contribution is 0.413. The highest BCUT2D eigenvalue weighted by Crippen LogP contribution is 2.15. The highest BCUT2D eigenvalue weighted by molar-refractivity contribution is 7.80. The molecule has 0 aliphatic heterocycles. The van der Waals surface area contributed by atoms with E-state index in [1.54, 1.807) is 6.20 Å². The molecular formula is C25H23ClN4S. The van der Waals surface area contributed by atoms with Gasteiger partial charge < -0.3 is 10.2 Å². The zero-order valence-corrected chi connectivity index (χ0v) is 18.6. The van der Waals surface area contributed by atoms with Gasteiger partial charge in [0, 0.05) is 24.3 Å². The van der Waals surface area contributed by atoms with E-state index in [0.29, 0.717) is 11.7 Å². The highest BCUT2D eigenvalue weighted by Gasteiger charge is 2.12. The zero-order chi connectivity index (χ0) is 21.5. The monoisotopic (exact) mass is 446 g/mol. The average molecular weight is 447 g/mol. The number of rotatable bonds is 7. The fourth-order valence-electron chi connectivity index (χ4n) is 3.30. The standard InChI is InChI=1S/C25H23ClN4S/c26-23-13-11-22(12-14-23)18-30-19-24(15-27-30)28-25(31)29(16-20-7-3-1-4-8-20)17-21-9-5-2-6-10-21/h1-15,19H,16-18H2,(H,28,31). The molecule has 4 rings (SSSR count). The summed E-state index contributed by atoms with van der Waals surface area (Å²) in [6, 6.07) is 28.5. The van der Waals surface area contributed by atoms with Gasteiger partial charge in [0.05, 0.1) is 18.4 Å². The van der Waals surface area contributed by atoms with Crippen LogP contribution in [-0.4, -0.2) is 19.8 Å². The Bertz CT molecular complexity index is 1070. The van der Waals surface area contributed by atoms with Crippen LogP contribution in [0.3, 0.4) is 0 Å². The summed E-state index contributed by atoms with van der Waals surface area (Å²) in [7, 11) is 0. The van der Waals surface area contributed by atoms with Crippen LogP contribution >= 0.6 is 23.8 Å². The second-order valence-electron chi connectivity index (χ2n) is 7.31. The van der Waals surface area contributed by atoms with Gasteiger partial charge in [-0.2, -0.15) is 5.10 Å². The molecule has 1 aromatic heterocycles. The molecule has 4 aromatic rings. The first-order chi connectivity index (χ1) is 15.2. The van der Waals surface area contributed by atoms with Crippen molar-refractivity contribution in [2.75, 3.05) is 5.32 Å². The number of nitrogens with one attached hydrogen (secondary N) is 1. The summed E-state index contributed by atoms with van der Waals surface area (Å²) in [5, 5.41) is 9.20. The molecule has 4 nitrogen and oxygen atoms in total. The Morgan fingerprint density at radius 1 is 0.839 bits per heavy atom. The highest BCUT2D eigenvalue weighted by atomic mass is 35.5. The number of aromatic nitrogens is 2. The number of anilines is 1. The Kier molecular flexibility index (Phi) is 6.97. The number of hydrogen-bond acceptors (Lipinski definition) is 2. The van der Waals surface area contributed by atoms with Crippen LogP contribution in [0, 0.1) is 0 Å². The van der Waals surface area contributed by atoms with Crippen LogP contribution in [0.15, 0.2) is 97.3 Å². The van der Waals surface area contributed by atoms with Gasteiger partial charge in [-0.05, 0) is 41.0 Å². The molecule has 0 atom stereocenters. The summed E-state index contributed by atoms with van der Waals surface area (Å²) >= 11 is 11.7. The molecular weight excluding hydrogens is 424 g/mol. The van der Waals surface area contributed by atoms with Crippen molar-refractivity contribution in [1.29, 1.82) is 0 Å². The first kappa shape index (κ1) is 21.1. The maximum absolute atomic E-state index is 5.97. The first-order valence-electron chi connectivity index (χ1n) is 10.1. The minimum Gasteiger partial charge on any atom is -0.340 e. The van der Waals surface area contributed by atoms with Crippen LogP contribution in [0.1, 0.15) is 16.7 Å². The molecule has 0 spiro atoms. The lowest BCUT2D eigenvalue weighted by Crippen LogP contribution is -2.33. The van der Waals surface area contributed by atoms with Crippen molar-refractivity contribution in [3.05, 3.63) is 119 Å². The molecule has 0 unspecified atom stereocenters. The topological polar surface area (TPSA) is 33.1 Å². The molecule has 0 fully saturated rings. The van der Waals surface area contributed by atoms with Crippen molar-refractivity contribution in [2.45, 2.75) is 19.6 Å². The SMILES string of the molecule is S=C(Nc1cnn(Cc2ccc(Cl)cc2)c1)N(Cc1ccccc1)Cc1ccccc1. The summed E-state index contributed by atoms with van der Waals surface area (Å²) in [5.41, 5.74) is 4.42. The second kappa shape index (κ2) is 10.2. The second-order valence-corrected chi connectivity index (χ2v) is 8.13. The third-order valence-electron chi connectivity index (χ3n) is 4.86. The van der Waals surface area contributed by atoms with E-state index in [9.17, 15) is 0 Å². The van der Waals surface area contributed by atoms with E-state index in [2.05, 4.69) is 39.6 Å². The minimum absolute atomic E-state index is 0.666. The van der Waals surface area contributed by atoms with Crippen LogP contribution in [0.4, 0.5) is 5.69 Å². The van der Waals surface area contributed by atoms with Crippen molar-refractivity contribution >= 4 is 34.6 Å². The Morgan fingerprint density at radius 2 is 1.42 bits per heavy atom. The van der Waals surface area contributed by atoms with Gasteiger partial charge in [-0.15, -0.1) is 0 Å². The molecule has 156 valence electrons. The van der Waals surface area contributed by atoms with Crippen molar-refractivity contribution in [1.82, 2.24) is 14.7 Å². The number of thiocarbonyl (C=S) groups is 1. The lowest BCUT2D eigenvalue weighted by atomic mass is 10.2. The number of benzene rings is 3. The molecule has 31 heavy (non-hydrogen) atoms. The van der Waals surface area contributed by atoms with Gasteiger partial charge in [-0.25, -0.2) is 0 Å². The van der Waals surface area contributed by atoms with E-state index in [1.165, 1.54) is 11.1 Å². The van der Waals surface area contributed by atoms with E-state index in [1.807, 2.05) is 71.5 Å². The molecule has 0 aliphatic rings. The molecule has 0 saturated carbocycles. The predicted molar refractivity (Wildman–Crippen MR) is 131 cm³/mol. The molecule has 0 aliphatic carbocycles. The molecule has 3 aromatic carbocycles. The third-order valence-corrected chi connectivity index (χ3v) is 5.47. The van der Waals surface area contributed by atoms with Crippen molar-refractivity contribution in [3.8, 4) is 0 Å². The Hall–Kier alpha value is -3.15. The summed E-state index contributed by atoms with van der Waals surface area (Å²) in [4.78, 5) is 2.16. The van der Waals surface area contributed by atoms with Crippen LogP contribution in [0.2, 0.25) is 5.02 Å². The van der Waals surface area contributed by atoms with E-state index >= 15 is 0 Å². The molecule has 1 heterocycles. The fraction of sp³-hybridized carbons (Fsp3) is 0.120. The van der Waals surface area contributed by atoms with Crippen molar-refractivity contribution in [2.24, 2.45) is 0 Å². The Labute approximate surface area is 193 Å². The van der Waals surface area contributed by atoms with E-state index in [0.717, 1.165) is 29.4 Å². The Morgan fingerprint density at radius 3 is 2.00 bits per heavy atom. The third kappa shape index (κ3) is 6.17. The molecule has 0 saturated heterocycles. The maximum atomic E-state index is 5.97. The van der Waals surface area contributed by atoms with E-state index in [4.69, 9.17) is 23.8 Å². The number of nitrogens with zero attached hydrogens (tertiary/aromatic N) is 3. The number of halogens is 1. The smallest absolute Gasteiger partial charge is 0.174 e. The van der Waals surface area contributed by atoms with E-state index in [-0.39, 0.29) is 0 Å². The molecule has 1 N–H and O–H groups in total. The molecule has 0 bridgehead atoms. The van der Waals surface area contributed by atoms with Gasteiger partial charge in [0.2, 0.25) is 0 Å². The fourth-order valence-corrected chi connectivity index (χ4v) is 3.67. The Balaban J connectivity index is 1.45. The van der Waals surface area contributed by atoms with Gasteiger partial charge in [-0.3, -0.25) is 4.68 Å². The number of hydrogen-bond donors (Lipinski definition) is 1. The first-order valence-corrected chi connectivity index (χ1v) is 10.8. The average Bonchev–Trinajstić information content (AvgIpc) is 3.23. The van der Waals surface area contributed by atoms with E-state index < -0.39 is 0 Å². The quantitative estimate of drug-likeness (QED) is 0.354. The van der Waals surface area contributed by atoms with Gasteiger partial charge >= 0.3 is 0 Å². The normalized spacial score (nSPS) is 10.6. The summed E-state index contributed by atoms with van der Waals surface area (Å²) in [6.45, 7) is 2.12. The molecule has 0 radical (unpaired) electrons. The van der Waals surface area contributed by atoms with Crippen LogP contribution in [0.5, 0.6) is 0 Å². The summed E-state index contributed by atoms with van der Waals surface area (Å²) in [5.74, 6) is 0. The minimum atomic E-state index is 0.666. The van der Waals surface area contributed by atoms with Crippen molar-refractivity contribution < 1.29 is 0 Å². The van der Waals surface area contributed by atoms with Crippen LogP contribution in [-0.2, 0) is 19.6 Å². The summed E-state index contributed by atoms with van der Waals surface area (Å²) in [6.07, 6.45) is 3.76.